The number of hydrogen-bond donors (Lipinski definition) is 1. The lowest BCUT2D eigenvalue weighted by Crippen LogP contribution is -2.22. The van der Waals surface area contributed by atoms with E-state index in [9.17, 15) is 0 Å². The second kappa shape index (κ2) is 7.56. The van der Waals surface area contributed by atoms with Crippen LogP contribution in [-0.2, 0) is 5.54 Å². The molecular formula is C24H23N7O. The van der Waals surface area contributed by atoms with Crippen molar-refractivity contribution >= 4 is 22.7 Å². The van der Waals surface area contributed by atoms with E-state index in [1.165, 1.54) is 0 Å². The highest BCUT2D eigenvalue weighted by atomic mass is 16.5. The van der Waals surface area contributed by atoms with E-state index in [4.69, 9.17) is 9.51 Å². The molecule has 0 atom stereocenters. The molecule has 0 aliphatic heterocycles. The summed E-state index contributed by atoms with van der Waals surface area (Å²) in [6, 6.07) is 15.9. The van der Waals surface area contributed by atoms with E-state index >= 15 is 0 Å². The van der Waals surface area contributed by atoms with Crippen molar-refractivity contribution in [1.82, 2.24) is 29.7 Å². The highest BCUT2D eigenvalue weighted by Crippen LogP contribution is 2.37. The van der Waals surface area contributed by atoms with Crippen molar-refractivity contribution in [1.29, 1.82) is 0 Å². The van der Waals surface area contributed by atoms with Crippen LogP contribution in [0.25, 0.3) is 33.9 Å². The first-order valence-corrected chi connectivity index (χ1v) is 10.4. The third kappa shape index (κ3) is 3.60. The molecule has 2 aromatic carbocycles. The monoisotopic (exact) mass is 425 g/mol. The lowest BCUT2D eigenvalue weighted by atomic mass is 10.0. The smallest absolute Gasteiger partial charge is 0.258 e. The van der Waals surface area contributed by atoms with Crippen molar-refractivity contribution < 1.29 is 4.52 Å². The molecule has 0 radical (unpaired) electrons. The van der Waals surface area contributed by atoms with E-state index in [-0.39, 0.29) is 5.54 Å². The number of nitrogens with zero attached hydrogens (tertiary/aromatic N) is 6. The van der Waals surface area contributed by atoms with Gasteiger partial charge in [0.1, 0.15) is 5.82 Å². The Bertz CT molecular complexity index is 1400. The zero-order chi connectivity index (χ0) is 22.3. The Labute approximate surface area is 185 Å². The van der Waals surface area contributed by atoms with Gasteiger partial charge in [-0.1, -0.05) is 23.4 Å². The predicted molar refractivity (Wildman–Crippen MR) is 124 cm³/mol. The van der Waals surface area contributed by atoms with E-state index in [2.05, 4.69) is 56.8 Å². The van der Waals surface area contributed by atoms with E-state index in [1.54, 1.807) is 18.5 Å². The van der Waals surface area contributed by atoms with Crippen molar-refractivity contribution in [2.45, 2.75) is 33.2 Å². The summed E-state index contributed by atoms with van der Waals surface area (Å²) in [5, 5.41) is 7.20. The van der Waals surface area contributed by atoms with Crippen LogP contribution in [0.4, 0.5) is 11.6 Å². The van der Waals surface area contributed by atoms with Crippen LogP contribution in [0.3, 0.4) is 0 Å². The van der Waals surface area contributed by atoms with Gasteiger partial charge in [-0.15, -0.1) is 0 Å². The van der Waals surface area contributed by atoms with Gasteiger partial charge in [0.15, 0.2) is 5.82 Å². The van der Waals surface area contributed by atoms with Gasteiger partial charge in [0, 0.05) is 29.2 Å². The fourth-order valence-corrected chi connectivity index (χ4v) is 3.78. The zero-order valence-electron chi connectivity index (χ0n) is 18.4. The van der Waals surface area contributed by atoms with Gasteiger partial charge >= 0.3 is 0 Å². The number of aromatic nitrogens is 6. The standard InChI is InChI=1S/C24H23N7O/c1-15-27-22(32-30-15)18-9-6-5-8-17(18)21-29-19-14-16(28-23-25-12-7-13-26-23)10-11-20(19)31(21)24(2,3)4/h5-14H,1-4H3,(H,25,26,28). The molecule has 0 amide bonds. The summed E-state index contributed by atoms with van der Waals surface area (Å²) >= 11 is 0. The molecule has 0 spiro atoms. The third-order valence-electron chi connectivity index (χ3n) is 5.07. The van der Waals surface area contributed by atoms with Gasteiger partial charge in [-0.3, -0.25) is 0 Å². The molecule has 8 nitrogen and oxygen atoms in total. The Morgan fingerprint density at radius 3 is 2.34 bits per heavy atom. The molecular weight excluding hydrogens is 402 g/mol. The van der Waals surface area contributed by atoms with Crippen molar-refractivity contribution in [3.63, 3.8) is 0 Å². The Kier molecular flexibility index (Phi) is 4.70. The molecule has 0 unspecified atom stereocenters. The molecule has 0 aliphatic rings. The summed E-state index contributed by atoms with van der Waals surface area (Å²) in [4.78, 5) is 18.0. The Balaban J connectivity index is 1.68. The Hall–Kier alpha value is -4.07. The van der Waals surface area contributed by atoms with Crippen molar-refractivity contribution in [3.05, 3.63) is 66.7 Å². The third-order valence-corrected chi connectivity index (χ3v) is 5.07. The second-order valence-electron chi connectivity index (χ2n) is 8.53. The van der Waals surface area contributed by atoms with Crippen LogP contribution in [0.15, 0.2) is 65.4 Å². The number of imidazole rings is 1. The SMILES string of the molecule is Cc1noc(-c2ccccc2-c2nc3cc(Nc4ncccn4)ccc3n2C(C)(C)C)n1. The fourth-order valence-electron chi connectivity index (χ4n) is 3.78. The van der Waals surface area contributed by atoms with Gasteiger partial charge in [-0.2, -0.15) is 4.98 Å². The first-order valence-electron chi connectivity index (χ1n) is 10.4. The number of rotatable bonds is 4. The summed E-state index contributed by atoms with van der Waals surface area (Å²) in [5.74, 6) is 2.46. The molecule has 8 heteroatoms. The number of anilines is 2. The largest absolute Gasteiger partial charge is 0.334 e. The normalized spacial score (nSPS) is 11.8. The molecule has 0 fully saturated rings. The summed E-state index contributed by atoms with van der Waals surface area (Å²) in [5.41, 5.74) is 4.35. The number of hydrogen-bond acceptors (Lipinski definition) is 7. The van der Waals surface area contributed by atoms with Gasteiger partial charge in [0.2, 0.25) is 5.95 Å². The van der Waals surface area contributed by atoms with Crippen molar-refractivity contribution in [3.8, 4) is 22.8 Å². The van der Waals surface area contributed by atoms with Crippen LogP contribution in [-0.4, -0.2) is 29.7 Å². The highest BCUT2D eigenvalue weighted by Gasteiger charge is 2.25. The minimum Gasteiger partial charge on any atom is -0.334 e. The maximum absolute atomic E-state index is 5.48. The molecule has 0 aliphatic carbocycles. The highest BCUT2D eigenvalue weighted by molar-refractivity contribution is 5.87. The average molecular weight is 425 g/mol. The van der Waals surface area contributed by atoms with Crippen LogP contribution in [0, 0.1) is 6.92 Å². The van der Waals surface area contributed by atoms with Crippen LogP contribution in [0.5, 0.6) is 0 Å². The first-order chi connectivity index (χ1) is 15.4. The van der Waals surface area contributed by atoms with Gasteiger partial charge in [-0.25, -0.2) is 15.0 Å². The first kappa shape index (κ1) is 19.9. The average Bonchev–Trinajstić information content (AvgIpc) is 3.37. The van der Waals surface area contributed by atoms with Crippen LogP contribution in [0.1, 0.15) is 26.6 Å². The molecule has 1 N–H and O–H groups in total. The van der Waals surface area contributed by atoms with Crippen LogP contribution in [0.2, 0.25) is 0 Å². The lowest BCUT2D eigenvalue weighted by molar-refractivity contribution is 0.412. The lowest BCUT2D eigenvalue weighted by Gasteiger charge is -2.25. The molecule has 5 aromatic rings. The maximum Gasteiger partial charge on any atom is 0.258 e. The minimum absolute atomic E-state index is 0.209. The Morgan fingerprint density at radius 1 is 0.906 bits per heavy atom. The zero-order valence-corrected chi connectivity index (χ0v) is 18.4. The van der Waals surface area contributed by atoms with Gasteiger partial charge in [0.05, 0.1) is 16.6 Å². The molecule has 0 saturated heterocycles. The molecule has 0 bridgehead atoms. The topological polar surface area (TPSA) is 94.5 Å². The van der Waals surface area contributed by atoms with Gasteiger partial charge in [0.25, 0.3) is 5.89 Å². The molecule has 5 rings (SSSR count). The number of nitrogens with one attached hydrogen (secondary N) is 1. The summed E-state index contributed by atoms with van der Waals surface area (Å²) in [7, 11) is 0. The van der Waals surface area contributed by atoms with E-state index in [0.717, 1.165) is 33.7 Å². The molecule has 3 aromatic heterocycles. The summed E-state index contributed by atoms with van der Waals surface area (Å²) in [6.45, 7) is 8.31. The molecule has 3 heterocycles. The van der Waals surface area contributed by atoms with E-state index in [1.807, 2.05) is 43.3 Å². The second-order valence-corrected chi connectivity index (χ2v) is 8.53. The molecule has 32 heavy (non-hydrogen) atoms. The molecule has 160 valence electrons. The number of aryl methyl sites for hydroxylation is 1. The maximum atomic E-state index is 5.48. The van der Waals surface area contributed by atoms with Crippen molar-refractivity contribution in [2.75, 3.05) is 5.32 Å². The number of fused-ring (bicyclic) bond motifs is 1. The van der Waals surface area contributed by atoms with E-state index in [0.29, 0.717) is 17.7 Å². The summed E-state index contributed by atoms with van der Waals surface area (Å²) in [6.07, 6.45) is 3.41. The predicted octanol–water partition coefficient (Wildman–Crippen LogP) is 5.35. The Morgan fingerprint density at radius 2 is 1.66 bits per heavy atom. The molecule has 0 saturated carbocycles. The summed E-state index contributed by atoms with van der Waals surface area (Å²) < 4.78 is 7.72. The fraction of sp³-hybridized carbons (Fsp3) is 0.208. The van der Waals surface area contributed by atoms with Crippen molar-refractivity contribution in [2.24, 2.45) is 0 Å². The van der Waals surface area contributed by atoms with Gasteiger partial charge < -0.3 is 14.4 Å². The van der Waals surface area contributed by atoms with E-state index < -0.39 is 0 Å². The van der Waals surface area contributed by atoms with Crippen LogP contribution < -0.4 is 5.32 Å². The number of benzene rings is 2. The van der Waals surface area contributed by atoms with Crippen LogP contribution >= 0.6 is 0 Å². The van der Waals surface area contributed by atoms with Gasteiger partial charge in [-0.05, 0) is 58.0 Å². The quantitative estimate of drug-likeness (QED) is 0.415. The minimum atomic E-state index is -0.209.